The van der Waals surface area contributed by atoms with Gasteiger partial charge in [0, 0.05) is 18.2 Å². The van der Waals surface area contributed by atoms with Crippen molar-refractivity contribution in [1.29, 1.82) is 0 Å². The highest BCUT2D eigenvalue weighted by Gasteiger charge is 2.08. The lowest BCUT2D eigenvalue weighted by Crippen LogP contribution is -2.05. The molecule has 0 bridgehead atoms. The minimum Gasteiger partial charge on any atom is -0.466 e. The van der Waals surface area contributed by atoms with E-state index in [4.69, 9.17) is 4.74 Å². The van der Waals surface area contributed by atoms with Gasteiger partial charge in [0.1, 0.15) is 0 Å². The van der Waals surface area contributed by atoms with Crippen molar-refractivity contribution < 1.29 is 9.53 Å². The van der Waals surface area contributed by atoms with Crippen molar-refractivity contribution in [2.24, 2.45) is 0 Å². The van der Waals surface area contributed by atoms with Gasteiger partial charge in [-0.1, -0.05) is 18.2 Å². The summed E-state index contributed by atoms with van der Waals surface area (Å²) in [5.41, 5.74) is 5.67. The van der Waals surface area contributed by atoms with E-state index in [1.807, 2.05) is 19.2 Å². The van der Waals surface area contributed by atoms with Crippen molar-refractivity contribution in [2.75, 3.05) is 6.61 Å². The highest BCUT2D eigenvalue weighted by atomic mass is 16.5. The Labute approximate surface area is 126 Å². The van der Waals surface area contributed by atoms with Crippen LogP contribution in [0.25, 0.3) is 11.3 Å². The Kier molecular flexibility index (Phi) is 5.09. The molecule has 0 N–H and O–H groups in total. The van der Waals surface area contributed by atoms with Gasteiger partial charge in [0.2, 0.25) is 0 Å². The highest BCUT2D eigenvalue weighted by Crippen LogP contribution is 2.26. The fraction of sp³-hybridized carbons (Fsp3) is 0.333. The van der Waals surface area contributed by atoms with Crippen LogP contribution in [0.2, 0.25) is 0 Å². The molecule has 2 aromatic rings. The number of aryl methyl sites for hydroxylation is 3. The largest absolute Gasteiger partial charge is 0.466 e. The Balaban J connectivity index is 2.20. The molecule has 0 fully saturated rings. The average Bonchev–Trinajstić information content (AvgIpc) is 2.46. The molecule has 0 saturated heterocycles. The first kappa shape index (κ1) is 15.2. The van der Waals surface area contributed by atoms with Crippen LogP contribution in [0.1, 0.15) is 30.0 Å². The zero-order valence-corrected chi connectivity index (χ0v) is 12.8. The summed E-state index contributed by atoms with van der Waals surface area (Å²) >= 11 is 0. The van der Waals surface area contributed by atoms with E-state index in [-0.39, 0.29) is 5.97 Å². The van der Waals surface area contributed by atoms with Crippen molar-refractivity contribution in [1.82, 2.24) is 4.98 Å². The molecule has 0 spiro atoms. The van der Waals surface area contributed by atoms with Gasteiger partial charge in [0.15, 0.2) is 0 Å². The normalized spacial score (nSPS) is 10.4. The third-order valence-electron chi connectivity index (χ3n) is 3.48. The summed E-state index contributed by atoms with van der Waals surface area (Å²) in [5.74, 6) is -0.150. The van der Waals surface area contributed by atoms with Crippen LogP contribution < -0.4 is 0 Å². The molecular formula is C18H21NO2. The summed E-state index contributed by atoms with van der Waals surface area (Å²) in [5, 5.41) is 0. The highest BCUT2D eigenvalue weighted by molar-refractivity contribution is 5.70. The van der Waals surface area contributed by atoms with E-state index >= 15 is 0 Å². The first-order chi connectivity index (χ1) is 10.1. The summed E-state index contributed by atoms with van der Waals surface area (Å²) in [6.45, 7) is 6.44. The zero-order chi connectivity index (χ0) is 15.2. The third kappa shape index (κ3) is 3.91. The van der Waals surface area contributed by atoms with Crippen LogP contribution in [0.15, 0.2) is 36.5 Å². The van der Waals surface area contributed by atoms with Crippen LogP contribution in [-0.4, -0.2) is 17.6 Å². The molecule has 3 heteroatoms. The van der Waals surface area contributed by atoms with E-state index in [1.54, 1.807) is 0 Å². The van der Waals surface area contributed by atoms with Crippen molar-refractivity contribution in [3.8, 4) is 11.3 Å². The van der Waals surface area contributed by atoms with E-state index in [0.717, 1.165) is 11.3 Å². The fourth-order valence-electron chi connectivity index (χ4n) is 2.46. The molecule has 21 heavy (non-hydrogen) atoms. The summed E-state index contributed by atoms with van der Waals surface area (Å²) in [6, 6.07) is 10.3. The molecule has 0 saturated carbocycles. The number of carbonyl (C=O) groups excluding carboxylic acids is 1. The zero-order valence-electron chi connectivity index (χ0n) is 12.8. The van der Waals surface area contributed by atoms with E-state index in [2.05, 4.69) is 43.1 Å². The van der Waals surface area contributed by atoms with Crippen molar-refractivity contribution >= 4 is 5.97 Å². The molecule has 0 aliphatic carbocycles. The Morgan fingerprint density at radius 2 is 1.90 bits per heavy atom. The maximum absolute atomic E-state index is 11.4. The van der Waals surface area contributed by atoms with Gasteiger partial charge in [0.25, 0.3) is 0 Å². The SMILES string of the molecule is CCOC(=O)CCc1ccnc(-c2c(C)cccc2C)c1. The lowest BCUT2D eigenvalue weighted by Gasteiger charge is -2.10. The quantitative estimate of drug-likeness (QED) is 0.782. The first-order valence-electron chi connectivity index (χ1n) is 7.29. The maximum atomic E-state index is 11.4. The van der Waals surface area contributed by atoms with Gasteiger partial charge in [0.05, 0.1) is 12.3 Å². The molecular weight excluding hydrogens is 262 g/mol. The molecule has 1 heterocycles. The Bertz CT molecular complexity index is 615. The number of hydrogen-bond acceptors (Lipinski definition) is 3. The van der Waals surface area contributed by atoms with Gasteiger partial charge in [-0.3, -0.25) is 9.78 Å². The number of ether oxygens (including phenoxy) is 1. The number of benzene rings is 1. The van der Waals surface area contributed by atoms with Crippen LogP contribution >= 0.6 is 0 Å². The van der Waals surface area contributed by atoms with Crippen molar-refractivity contribution in [3.05, 3.63) is 53.2 Å². The van der Waals surface area contributed by atoms with Crippen LogP contribution in [0.5, 0.6) is 0 Å². The second-order valence-corrected chi connectivity index (χ2v) is 5.12. The smallest absolute Gasteiger partial charge is 0.306 e. The first-order valence-corrected chi connectivity index (χ1v) is 7.29. The number of rotatable bonds is 5. The second kappa shape index (κ2) is 7.02. The predicted molar refractivity (Wildman–Crippen MR) is 84.1 cm³/mol. The van der Waals surface area contributed by atoms with Gasteiger partial charge in [-0.2, -0.15) is 0 Å². The third-order valence-corrected chi connectivity index (χ3v) is 3.48. The standard InChI is InChI=1S/C18H21NO2/c1-4-21-17(20)9-8-15-10-11-19-16(12-15)18-13(2)6-5-7-14(18)3/h5-7,10-12H,4,8-9H2,1-3H3. The molecule has 1 aromatic carbocycles. The molecule has 0 radical (unpaired) electrons. The Morgan fingerprint density at radius 1 is 1.19 bits per heavy atom. The maximum Gasteiger partial charge on any atom is 0.306 e. The molecule has 0 atom stereocenters. The monoisotopic (exact) mass is 283 g/mol. The molecule has 0 unspecified atom stereocenters. The minimum atomic E-state index is -0.150. The number of carbonyl (C=O) groups is 1. The van der Waals surface area contributed by atoms with Gasteiger partial charge in [-0.15, -0.1) is 0 Å². The van der Waals surface area contributed by atoms with Crippen molar-refractivity contribution in [3.63, 3.8) is 0 Å². The summed E-state index contributed by atoms with van der Waals surface area (Å²) in [4.78, 5) is 15.9. The molecule has 0 amide bonds. The van der Waals surface area contributed by atoms with Gasteiger partial charge in [-0.25, -0.2) is 0 Å². The van der Waals surface area contributed by atoms with Crippen LogP contribution in [0, 0.1) is 13.8 Å². The van der Waals surface area contributed by atoms with Crippen LogP contribution in [-0.2, 0) is 16.0 Å². The molecule has 2 rings (SSSR count). The van der Waals surface area contributed by atoms with Gasteiger partial charge >= 0.3 is 5.97 Å². The molecule has 110 valence electrons. The van der Waals surface area contributed by atoms with E-state index < -0.39 is 0 Å². The number of pyridine rings is 1. The molecule has 0 aliphatic heterocycles. The summed E-state index contributed by atoms with van der Waals surface area (Å²) in [7, 11) is 0. The molecule has 0 aliphatic rings. The minimum absolute atomic E-state index is 0.150. The average molecular weight is 283 g/mol. The number of hydrogen-bond donors (Lipinski definition) is 0. The molecule has 1 aromatic heterocycles. The second-order valence-electron chi connectivity index (χ2n) is 5.12. The van der Waals surface area contributed by atoms with E-state index in [0.29, 0.717) is 19.4 Å². The number of esters is 1. The summed E-state index contributed by atoms with van der Waals surface area (Å²) in [6.07, 6.45) is 2.89. The van der Waals surface area contributed by atoms with E-state index in [1.165, 1.54) is 16.7 Å². The van der Waals surface area contributed by atoms with Crippen LogP contribution in [0.4, 0.5) is 0 Å². The lowest BCUT2D eigenvalue weighted by molar-refractivity contribution is -0.143. The predicted octanol–water partition coefficient (Wildman–Crippen LogP) is 3.86. The summed E-state index contributed by atoms with van der Waals surface area (Å²) < 4.78 is 4.96. The van der Waals surface area contributed by atoms with Gasteiger partial charge in [-0.05, 0) is 56.0 Å². The van der Waals surface area contributed by atoms with Gasteiger partial charge < -0.3 is 4.74 Å². The van der Waals surface area contributed by atoms with E-state index in [9.17, 15) is 4.79 Å². The Hall–Kier alpha value is -2.16. The number of nitrogens with zero attached hydrogens (tertiary/aromatic N) is 1. The fourth-order valence-corrected chi connectivity index (χ4v) is 2.46. The van der Waals surface area contributed by atoms with Crippen molar-refractivity contribution in [2.45, 2.75) is 33.6 Å². The molecule has 3 nitrogen and oxygen atoms in total. The lowest BCUT2D eigenvalue weighted by atomic mass is 9.98. The topological polar surface area (TPSA) is 39.2 Å². The van der Waals surface area contributed by atoms with Crippen LogP contribution in [0.3, 0.4) is 0 Å². The Morgan fingerprint density at radius 3 is 2.57 bits per heavy atom. The number of aromatic nitrogens is 1.